The predicted molar refractivity (Wildman–Crippen MR) is 82.4 cm³/mol. The van der Waals surface area contributed by atoms with E-state index in [0.717, 1.165) is 36.3 Å². The molecular weight excluding hydrogens is 268 g/mol. The smallest absolute Gasteiger partial charge is 0.123 e. The van der Waals surface area contributed by atoms with Crippen LogP contribution in [0, 0.1) is 17.8 Å². The first-order chi connectivity index (χ1) is 9.69. The van der Waals surface area contributed by atoms with Gasteiger partial charge in [-0.1, -0.05) is 18.6 Å². The maximum atomic E-state index is 6.72. The van der Waals surface area contributed by atoms with Crippen molar-refractivity contribution in [3.05, 3.63) is 29.3 Å². The molecule has 0 amide bonds. The average Bonchev–Trinajstić information content (AvgIpc) is 3.10. The van der Waals surface area contributed by atoms with Crippen molar-refractivity contribution < 1.29 is 4.74 Å². The molecule has 2 fully saturated rings. The lowest BCUT2D eigenvalue weighted by Gasteiger charge is -2.24. The molecule has 1 aromatic carbocycles. The highest BCUT2D eigenvalue weighted by atomic mass is 35.5. The van der Waals surface area contributed by atoms with E-state index in [-0.39, 0.29) is 5.38 Å². The Kier molecular flexibility index (Phi) is 3.22. The van der Waals surface area contributed by atoms with Crippen LogP contribution in [0.25, 0.3) is 0 Å². The summed E-state index contributed by atoms with van der Waals surface area (Å²) in [4.78, 5) is 0. The van der Waals surface area contributed by atoms with Gasteiger partial charge < -0.3 is 4.74 Å². The second-order valence-corrected chi connectivity index (χ2v) is 7.66. The zero-order chi connectivity index (χ0) is 13.7. The fourth-order valence-electron chi connectivity index (χ4n) is 4.70. The molecule has 3 aliphatic rings. The highest BCUT2D eigenvalue weighted by Gasteiger charge is 2.40. The standard InChI is InChI=1S/C18H23ClO/c1-11-6-16-9-14(4-5-18(16)20-11)17(19)10-15-8-12-2-3-13(15)7-12/h4-5,9,11-13,15,17H,2-3,6-8,10H2,1H3. The molecule has 2 bridgehead atoms. The van der Waals surface area contributed by atoms with E-state index < -0.39 is 0 Å². The Morgan fingerprint density at radius 2 is 2.20 bits per heavy atom. The second kappa shape index (κ2) is 4.94. The summed E-state index contributed by atoms with van der Waals surface area (Å²) in [7, 11) is 0. The highest BCUT2D eigenvalue weighted by molar-refractivity contribution is 6.20. The predicted octanol–water partition coefficient (Wildman–Crippen LogP) is 5.12. The summed E-state index contributed by atoms with van der Waals surface area (Å²) in [5, 5.41) is 0.181. The van der Waals surface area contributed by atoms with Gasteiger partial charge in [0.05, 0.1) is 5.38 Å². The van der Waals surface area contributed by atoms with Crippen molar-refractivity contribution in [2.24, 2.45) is 17.8 Å². The zero-order valence-electron chi connectivity index (χ0n) is 12.1. The van der Waals surface area contributed by atoms with Gasteiger partial charge in [0, 0.05) is 6.42 Å². The summed E-state index contributed by atoms with van der Waals surface area (Å²) >= 11 is 6.72. The number of fused-ring (bicyclic) bond motifs is 3. The Bertz CT molecular complexity index is 512. The number of hydrogen-bond donors (Lipinski definition) is 0. The summed E-state index contributed by atoms with van der Waals surface area (Å²) < 4.78 is 5.77. The van der Waals surface area contributed by atoms with E-state index in [9.17, 15) is 0 Å². The van der Waals surface area contributed by atoms with Crippen LogP contribution in [0.1, 0.15) is 55.5 Å². The van der Waals surface area contributed by atoms with E-state index in [1.807, 2.05) is 0 Å². The van der Waals surface area contributed by atoms with Crippen molar-refractivity contribution in [2.45, 2.75) is 56.9 Å². The van der Waals surface area contributed by atoms with Gasteiger partial charge in [-0.3, -0.25) is 0 Å². The molecule has 2 heteroatoms. The molecule has 2 aliphatic carbocycles. The molecule has 1 aliphatic heterocycles. The normalized spacial score (nSPS) is 35.9. The molecule has 5 atom stereocenters. The largest absolute Gasteiger partial charge is 0.490 e. The van der Waals surface area contributed by atoms with Crippen molar-refractivity contribution in [3.63, 3.8) is 0 Å². The van der Waals surface area contributed by atoms with Crippen molar-refractivity contribution in [2.75, 3.05) is 0 Å². The SMILES string of the molecule is CC1Cc2cc(C(Cl)CC3CC4CCC3C4)ccc2O1. The molecule has 20 heavy (non-hydrogen) atoms. The molecule has 4 rings (SSSR count). The molecule has 1 nitrogen and oxygen atoms in total. The van der Waals surface area contributed by atoms with Crippen LogP contribution in [-0.4, -0.2) is 6.10 Å². The third-order valence-corrected chi connectivity index (χ3v) is 6.11. The molecule has 0 radical (unpaired) electrons. The van der Waals surface area contributed by atoms with Crippen LogP contribution in [0.4, 0.5) is 0 Å². The van der Waals surface area contributed by atoms with Gasteiger partial charge in [0.25, 0.3) is 0 Å². The third kappa shape index (κ3) is 2.24. The van der Waals surface area contributed by atoms with Crippen molar-refractivity contribution >= 4 is 11.6 Å². The quantitative estimate of drug-likeness (QED) is 0.702. The maximum Gasteiger partial charge on any atom is 0.123 e. The minimum atomic E-state index is 0.181. The molecule has 5 unspecified atom stereocenters. The van der Waals surface area contributed by atoms with Gasteiger partial charge in [0.2, 0.25) is 0 Å². The first-order valence-corrected chi connectivity index (χ1v) is 8.56. The molecule has 0 saturated heterocycles. The fraction of sp³-hybridized carbons (Fsp3) is 0.667. The molecule has 0 spiro atoms. The van der Waals surface area contributed by atoms with E-state index in [2.05, 4.69) is 25.1 Å². The van der Waals surface area contributed by atoms with E-state index in [1.165, 1.54) is 36.8 Å². The summed E-state index contributed by atoms with van der Waals surface area (Å²) in [6.07, 6.45) is 8.35. The van der Waals surface area contributed by atoms with Gasteiger partial charge in [0.15, 0.2) is 0 Å². The minimum Gasteiger partial charge on any atom is -0.490 e. The van der Waals surface area contributed by atoms with Crippen LogP contribution in [0.15, 0.2) is 18.2 Å². The molecular formula is C18H23ClO. The minimum absolute atomic E-state index is 0.181. The van der Waals surface area contributed by atoms with E-state index in [0.29, 0.717) is 6.10 Å². The number of halogens is 1. The van der Waals surface area contributed by atoms with Gasteiger partial charge in [-0.25, -0.2) is 0 Å². The Labute approximate surface area is 126 Å². The van der Waals surface area contributed by atoms with Gasteiger partial charge in [0.1, 0.15) is 11.9 Å². The van der Waals surface area contributed by atoms with Crippen LogP contribution in [-0.2, 0) is 6.42 Å². The van der Waals surface area contributed by atoms with Gasteiger partial charge in [-0.2, -0.15) is 0 Å². The van der Waals surface area contributed by atoms with Gasteiger partial charge >= 0.3 is 0 Å². The topological polar surface area (TPSA) is 9.23 Å². The van der Waals surface area contributed by atoms with E-state index >= 15 is 0 Å². The Hall–Kier alpha value is -0.690. The van der Waals surface area contributed by atoms with E-state index in [1.54, 1.807) is 0 Å². The monoisotopic (exact) mass is 290 g/mol. The van der Waals surface area contributed by atoms with Crippen LogP contribution >= 0.6 is 11.6 Å². The molecule has 0 N–H and O–H groups in total. The molecule has 1 heterocycles. The van der Waals surface area contributed by atoms with Crippen LogP contribution in [0.3, 0.4) is 0 Å². The number of benzene rings is 1. The van der Waals surface area contributed by atoms with Crippen LogP contribution in [0.2, 0.25) is 0 Å². The number of hydrogen-bond acceptors (Lipinski definition) is 1. The first-order valence-electron chi connectivity index (χ1n) is 8.12. The first kappa shape index (κ1) is 13.0. The number of rotatable bonds is 3. The van der Waals surface area contributed by atoms with Crippen LogP contribution in [0.5, 0.6) is 5.75 Å². The third-order valence-electron chi connectivity index (χ3n) is 5.68. The summed E-state index contributed by atoms with van der Waals surface area (Å²) in [6.45, 7) is 2.13. The molecule has 0 aromatic heterocycles. The zero-order valence-corrected chi connectivity index (χ0v) is 12.9. The average molecular weight is 291 g/mol. The van der Waals surface area contributed by atoms with Gasteiger partial charge in [-0.05, 0) is 67.6 Å². The highest BCUT2D eigenvalue weighted by Crippen LogP contribution is 2.51. The maximum absolute atomic E-state index is 6.72. The van der Waals surface area contributed by atoms with Crippen molar-refractivity contribution in [3.8, 4) is 5.75 Å². The lowest BCUT2D eigenvalue weighted by molar-refractivity contribution is 0.254. The lowest BCUT2D eigenvalue weighted by atomic mass is 9.84. The Morgan fingerprint density at radius 1 is 1.30 bits per heavy atom. The van der Waals surface area contributed by atoms with Gasteiger partial charge in [-0.15, -0.1) is 11.6 Å². The molecule has 108 valence electrons. The Balaban J connectivity index is 1.46. The summed E-state index contributed by atoms with van der Waals surface area (Å²) in [5.41, 5.74) is 2.64. The van der Waals surface area contributed by atoms with Crippen molar-refractivity contribution in [1.29, 1.82) is 0 Å². The Morgan fingerprint density at radius 3 is 2.95 bits per heavy atom. The number of alkyl halides is 1. The molecule has 1 aromatic rings. The fourth-order valence-corrected chi connectivity index (χ4v) is 5.07. The lowest BCUT2D eigenvalue weighted by Crippen LogP contribution is -2.12. The number of ether oxygens (including phenoxy) is 1. The molecule has 2 saturated carbocycles. The summed E-state index contributed by atoms with van der Waals surface area (Å²) in [5.74, 6) is 3.92. The van der Waals surface area contributed by atoms with Crippen molar-refractivity contribution in [1.82, 2.24) is 0 Å². The van der Waals surface area contributed by atoms with Crippen LogP contribution < -0.4 is 4.74 Å². The second-order valence-electron chi connectivity index (χ2n) is 7.14. The van der Waals surface area contributed by atoms with E-state index in [4.69, 9.17) is 16.3 Å². The summed E-state index contributed by atoms with van der Waals surface area (Å²) in [6, 6.07) is 6.57.